The Morgan fingerprint density at radius 3 is 3.00 bits per heavy atom. The van der Waals surface area contributed by atoms with E-state index >= 15 is 0 Å². The molecule has 0 N–H and O–H groups in total. The normalized spacial score (nSPS) is 18.4. The molecule has 1 aliphatic heterocycles. The van der Waals surface area contributed by atoms with Gasteiger partial charge in [0.15, 0.2) is 0 Å². The van der Waals surface area contributed by atoms with Crippen LogP contribution in [0.25, 0.3) is 0 Å². The van der Waals surface area contributed by atoms with Crippen molar-refractivity contribution < 1.29 is 23.5 Å². The lowest BCUT2D eigenvalue weighted by molar-refractivity contribution is -0.145. The first-order valence-electron chi connectivity index (χ1n) is 6.44. The number of hydrogen-bond acceptors (Lipinski definition) is 4. The van der Waals surface area contributed by atoms with Crippen LogP contribution in [0.3, 0.4) is 0 Å². The van der Waals surface area contributed by atoms with Crippen LogP contribution in [0.1, 0.15) is 16.8 Å². The predicted octanol–water partition coefficient (Wildman–Crippen LogP) is 1.99. The summed E-state index contributed by atoms with van der Waals surface area (Å²) in [5.74, 6) is -1.15. The van der Waals surface area contributed by atoms with Gasteiger partial charge in [0, 0.05) is 17.6 Å². The van der Waals surface area contributed by atoms with Gasteiger partial charge >= 0.3 is 5.97 Å². The molecule has 2 rings (SSSR count). The molecule has 0 aliphatic carbocycles. The molecule has 1 atom stereocenters. The summed E-state index contributed by atoms with van der Waals surface area (Å²) in [6, 6.07) is 3.96. The molecule has 1 fully saturated rings. The lowest BCUT2D eigenvalue weighted by Crippen LogP contribution is -2.46. The van der Waals surface area contributed by atoms with Gasteiger partial charge in [0.2, 0.25) is 0 Å². The maximum absolute atomic E-state index is 13.3. The fourth-order valence-corrected chi connectivity index (χ4v) is 2.54. The van der Waals surface area contributed by atoms with E-state index in [1.807, 2.05) is 0 Å². The second-order valence-electron chi connectivity index (χ2n) is 4.65. The number of carbonyl (C=O) groups is 2. The van der Waals surface area contributed by atoms with E-state index in [2.05, 4.69) is 20.7 Å². The summed E-state index contributed by atoms with van der Waals surface area (Å²) in [5.41, 5.74) is 0.258. The van der Waals surface area contributed by atoms with Gasteiger partial charge in [-0.15, -0.1) is 0 Å². The molecule has 5 nitrogen and oxygen atoms in total. The van der Waals surface area contributed by atoms with Crippen LogP contribution in [-0.4, -0.2) is 49.7 Å². The van der Waals surface area contributed by atoms with Crippen molar-refractivity contribution in [2.45, 2.75) is 12.5 Å². The van der Waals surface area contributed by atoms with Crippen molar-refractivity contribution in [3.05, 3.63) is 34.1 Å². The molecule has 1 aromatic carbocycles. The van der Waals surface area contributed by atoms with E-state index in [4.69, 9.17) is 4.74 Å². The molecule has 0 bridgehead atoms. The Balaban J connectivity index is 2.08. The number of halogens is 2. The minimum atomic E-state index is -0.471. The van der Waals surface area contributed by atoms with Crippen molar-refractivity contribution >= 4 is 27.8 Å². The van der Waals surface area contributed by atoms with Crippen LogP contribution in [0.5, 0.6) is 0 Å². The molecule has 1 aliphatic rings. The molecular weight excluding hydrogens is 345 g/mol. The number of benzene rings is 1. The Bertz CT molecular complexity index is 552. The number of esters is 1. The lowest BCUT2D eigenvalue weighted by atomic mass is 10.1. The number of carbonyl (C=O) groups excluding carboxylic acids is 2. The molecule has 114 valence electrons. The maximum Gasteiger partial charge on any atom is 0.308 e. The zero-order valence-corrected chi connectivity index (χ0v) is 13.1. The standard InChI is InChI=1S/C14H15BrFNO4/c1-20-13(18)7-10-8-17(4-5-21-10)14(19)11-6-9(16)2-3-12(11)15/h2-3,6,10H,4-5,7-8H2,1H3. The second kappa shape index (κ2) is 7.00. The topological polar surface area (TPSA) is 55.8 Å². The summed E-state index contributed by atoms with van der Waals surface area (Å²) < 4.78 is 23.9. The number of nitrogens with zero attached hydrogens (tertiary/aromatic N) is 1. The average Bonchev–Trinajstić information content (AvgIpc) is 2.49. The highest BCUT2D eigenvalue weighted by Gasteiger charge is 2.28. The number of methoxy groups -OCH3 is 1. The van der Waals surface area contributed by atoms with Gasteiger partial charge in [-0.1, -0.05) is 0 Å². The molecule has 0 aromatic heterocycles. The monoisotopic (exact) mass is 359 g/mol. The van der Waals surface area contributed by atoms with E-state index in [9.17, 15) is 14.0 Å². The lowest BCUT2D eigenvalue weighted by Gasteiger charge is -2.32. The van der Waals surface area contributed by atoms with Crippen LogP contribution in [-0.2, 0) is 14.3 Å². The first kappa shape index (κ1) is 15.9. The third kappa shape index (κ3) is 4.01. The number of amides is 1. The van der Waals surface area contributed by atoms with E-state index in [1.54, 1.807) is 4.90 Å². The summed E-state index contributed by atoms with van der Waals surface area (Å²) in [6.07, 6.45) is -0.313. The Hall–Kier alpha value is -1.47. The molecule has 1 unspecified atom stereocenters. The zero-order valence-electron chi connectivity index (χ0n) is 11.5. The van der Waals surface area contributed by atoms with Gasteiger partial charge in [0.25, 0.3) is 5.91 Å². The average molecular weight is 360 g/mol. The molecule has 1 amide bonds. The predicted molar refractivity (Wildman–Crippen MR) is 76.4 cm³/mol. The van der Waals surface area contributed by atoms with E-state index in [-0.39, 0.29) is 30.4 Å². The van der Waals surface area contributed by atoms with Crippen LogP contribution in [0.2, 0.25) is 0 Å². The van der Waals surface area contributed by atoms with Crippen LogP contribution in [0.15, 0.2) is 22.7 Å². The van der Waals surface area contributed by atoms with Gasteiger partial charge < -0.3 is 14.4 Å². The van der Waals surface area contributed by atoms with Crippen LogP contribution in [0, 0.1) is 5.82 Å². The van der Waals surface area contributed by atoms with Crippen LogP contribution in [0.4, 0.5) is 4.39 Å². The van der Waals surface area contributed by atoms with E-state index in [0.717, 1.165) is 0 Å². The quantitative estimate of drug-likeness (QED) is 0.774. The van der Waals surface area contributed by atoms with Crippen molar-refractivity contribution in [3.63, 3.8) is 0 Å². The number of morpholine rings is 1. The van der Waals surface area contributed by atoms with E-state index in [1.165, 1.54) is 25.3 Å². The SMILES string of the molecule is COC(=O)CC1CN(C(=O)c2cc(F)ccc2Br)CCO1. The van der Waals surface area contributed by atoms with Gasteiger partial charge in [0.1, 0.15) is 5.82 Å². The minimum absolute atomic E-state index is 0.0879. The molecule has 1 saturated heterocycles. The first-order valence-corrected chi connectivity index (χ1v) is 7.23. The third-order valence-corrected chi connectivity index (χ3v) is 3.90. The fourth-order valence-electron chi connectivity index (χ4n) is 2.13. The summed E-state index contributed by atoms with van der Waals surface area (Å²) in [4.78, 5) is 25.2. The smallest absolute Gasteiger partial charge is 0.308 e. The minimum Gasteiger partial charge on any atom is -0.469 e. The van der Waals surface area contributed by atoms with Gasteiger partial charge in [-0.3, -0.25) is 9.59 Å². The van der Waals surface area contributed by atoms with Crippen LogP contribution >= 0.6 is 15.9 Å². The molecule has 0 saturated carbocycles. The van der Waals surface area contributed by atoms with Crippen molar-refractivity contribution in [1.82, 2.24) is 4.90 Å². The number of hydrogen-bond donors (Lipinski definition) is 0. The number of ether oxygens (including phenoxy) is 2. The third-order valence-electron chi connectivity index (χ3n) is 3.21. The summed E-state index contributed by atoms with van der Waals surface area (Å²) in [5, 5.41) is 0. The van der Waals surface area contributed by atoms with E-state index in [0.29, 0.717) is 17.6 Å². The largest absolute Gasteiger partial charge is 0.469 e. The highest BCUT2D eigenvalue weighted by molar-refractivity contribution is 9.10. The van der Waals surface area contributed by atoms with Crippen molar-refractivity contribution in [2.75, 3.05) is 26.8 Å². The Morgan fingerprint density at radius 2 is 2.29 bits per heavy atom. The second-order valence-corrected chi connectivity index (χ2v) is 5.50. The van der Waals surface area contributed by atoms with E-state index < -0.39 is 11.9 Å². The molecule has 0 spiro atoms. The zero-order chi connectivity index (χ0) is 15.4. The highest BCUT2D eigenvalue weighted by Crippen LogP contribution is 2.21. The highest BCUT2D eigenvalue weighted by atomic mass is 79.9. The van der Waals surface area contributed by atoms with Crippen molar-refractivity contribution in [2.24, 2.45) is 0 Å². The van der Waals surface area contributed by atoms with Crippen LogP contribution < -0.4 is 0 Å². The molecular formula is C14H15BrFNO4. The fraction of sp³-hybridized carbons (Fsp3) is 0.429. The summed E-state index contributed by atoms with van der Waals surface area (Å²) in [6.45, 7) is 1.01. The molecule has 1 aromatic rings. The first-order chi connectivity index (χ1) is 10.0. The van der Waals surface area contributed by atoms with Crippen molar-refractivity contribution in [3.8, 4) is 0 Å². The van der Waals surface area contributed by atoms with Gasteiger partial charge in [-0.25, -0.2) is 4.39 Å². The summed E-state index contributed by atoms with van der Waals surface area (Å²) >= 11 is 3.24. The molecule has 0 radical (unpaired) electrons. The molecule has 21 heavy (non-hydrogen) atoms. The van der Waals surface area contributed by atoms with Crippen molar-refractivity contribution in [1.29, 1.82) is 0 Å². The Kier molecular flexibility index (Phi) is 5.30. The number of rotatable bonds is 3. The Labute approximate surface area is 130 Å². The van der Waals surface area contributed by atoms with Gasteiger partial charge in [-0.2, -0.15) is 0 Å². The Morgan fingerprint density at radius 1 is 1.52 bits per heavy atom. The molecule has 1 heterocycles. The summed E-state index contributed by atoms with van der Waals surface area (Å²) in [7, 11) is 1.30. The maximum atomic E-state index is 13.3. The van der Waals surface area contributed by atoms with Gasteiger partial charge in [-0.05, 0) is 34.1 Å². The van der Waals surface area contributed by atoms with Gasteiger partial charge in [0.05, 0.1) is 31.8 Å². The molecule has 7 heteroatoms.